The van der Waals surface area contributed by atoms with E-state index in [1.807, 2.05) is 13.8 Å². The number of oxazole rings is 1. The van der Waals surface area contributed by atoms with Gasteiger partial charge in [0.15, 0.2) is 11.5 Å². The van der Waals surface area contributed by atoms with E-state index in [2.05, 4.69) is 35.7 Å². The Morgan fingerprint density at radius 1 is 0.891 bits per heavy atom. The summed E-state index contributed by atoms with van der Waals surface area (Å²) in [6.07, 6.45) is 5.69. The molecule has 0 fully saturated rings. The molecule has 5 heterocycles. The Balaban J connectivity index is 1.38. The van der Waals surface area contributed by atoms with Gasteiger partial charge >= 0.3 is 0 Å². The van der Waals surface area contributed by atoms with E-state index in [0.29, 0.717) is 64.6 Å². The molecule has 0 unspecified atom stereocenters. The summed E-state index contributed by atoms with van der Waals surface area (Å²) in [5.74, 6) is -1.48. The number of allylic oxidation sites excluding steroid dienone is 2. The number of carbonyl (C=O) groups excluding carboxylic acids is 4. The fourth-order valence-corrected chi connectivity index (χ4v) is 5.96. The van der Waals surface area contributed by atoms with Gasteiger partial charge in [0, 0.05) is 51.3 Å². The van der Waals surface area contributed by atoms with Gasteiger partial charge in [-0.15, -0.1) is 0 Å². The zero-order chi connectivity index (χ0) is 39.4. The number of rotatable bonds is 16. The summed E-state index contributed by atoms with van der Waals surface area (Å²) in [5, 5.41) is 19.4. The summed E-state index contributed by atoms with van der Waals surface area (Å²) in [6, 6.07) is 6.14. The maximum absolute atomic E-state index is 13.6. The average Bonchev–Trinajstić information content (AvgIpc) is 3.92. The van der Waals surface area contributed by atoms with Crippen LogP contribution in [0, 0.1) is 13.8 Å². The first-order valence-electron chi connectivity index (χ1n) is 17.4. The number of imidazole rings is 2. The number of carbonyl (C=O) groups is 4. The number of aliphatic hydroxyl groups is 1. The van der Waals surface area contributed by atoms with Gasteiger partial charge in [0.1, 0.15) is 22.5 Å². The second-order valence-electron chi connectivity index (χ2n) is 12.4. The van der Waals surface area contributed by atoms with Crippen LogP contribution in [0.2, 0.25) is 0 Å². The third-order valence-electron chi connectivity index (χ3n) is 8.49. The Hall–Kier alpha value is -6.89. The van der Waals surface area contributed by atoms with Gasteiger partial charge in [-0.25, -0.2) is 19.9 Å². The lowest BCUT2D eigenvalue weighted by molar-refractivity contribution is 0.0987. The molecule has 19 nitrogen and oxygen atoms in total. The van der Waals surface area contributed by atoms with Gasteiger partial charge < -0.3 is 30.3 Å². The van der Waals surface area contributed by atoms with Crippen LogP contribution < -0.4 is 26.8 Å². The molecule has 19 heteroatoms. The fraction of sp³-hybridized carbons (Fsp3) is 0.306. The molecule has 6 rings (SSSR count). The first-order valence-corrected chi connectivity index (χ1v) is 17.4. The van der Waals surface area contributed by atoms with Crippen molar-refractivity contribution in [3.8, 4) is 5.75 Å². The van der Waals surface area contributed by atoms with Crippen molar-refractivity contribution in [3.63, 3.8) is 0 Å². The minimum Gasteiger partial charge on any atom is -0.491 e. The average molecular weight is 753 g/mol. The van der Waals surface area contributed by atoms with Crippen molar-refractivity contribution in [2.24, 2.45) is 11.5 Å². The van der Waals surface area contributed by atoms with Crippen LogP contribution in [0.25, 0.3) is 22.2 Å². The molecule has 0 aliphatic heterocycles. The van der Waals surface area contributed by atoms with Crippen LogP contribution in [0.4, 0.5) is 11.9 Å². The van der Waals surface area contributed by atoms with Crippen molar-refractivity contribution in [2.45, 2.75) is 60.2 Å². The molecule has 55 heavy (non-hydrogen) atoms. The lowest BCUT2D eigenvalue weighted by atomic mass is 10.1. The smallest absolute Gasteiger partial charge is 0.295 e. The van der Waals surface area contributed by atoms with Crippen LogP contribution in [0.3, 0.4) is 0 Å². The van der Waals surface area contributed by atoms with Crippen LogP contribution in [0.1, 0.15) is 79.3 Å². The summed E-state index contributed by atoms with van der Waals surface area (Å²) >= 11 is 0. The van der Waals surface area contributed by atoms with Crippen molar-refractivity contribution in [3.05, 3.63) is 82.5 Å². The van der Waals surface area contributed by atoms with E-state index in [9.17, 15) is 24.3 Å². The van der Waals surface area contributed by atoms with E-state index < -0.39 is 23.6 Å². The number of nitrogens with zero attached hydrogens (tertiary/aromatic N) is 8. The predicted molar refractivity (Wildman–Crippen MR) is 200 cm³/mol. The van der Waals surface area contributed by atoms with Gasteiger partial charge in [-0.05, 0) is 44.5 Å². The SMILES string of the molecule is CCc1nc(C)oc1C(=O)Nc1nc2cc(C(N)=O)cnc2n1C/C=C/Cn1c(NC(=O)c2cc(C)nn2CC)nc2cc(C(N)=O)cc(OCCCO)c21. The Bertz CT molecular complexity index is 2470. The number of benzene rings is 1. The van der Waals surface area contributed by atoms with Crippen molar-refractivity contribution >= 4 is 57.7 Å². The Morgan fingerprint density at radius 2 is 1.56 bits per heavy atom. The maximum atomic E-state index is 13.6. The molecular weight excluding hydrogens is 712 g/mol. The van der Waals surface area contributed by atoms with Gasteiger partial charge in [-0.2, -0.15) is 5.10 Å². The molecule has 0 bridgehead atoms. The number of primary amides is 2. The second kappa shape index (κ2) is 16.0. The first-order chi connectivity index (χ1) is 26.4. The van der Waals surface area contributed by atoms with Gasteiger partial charge in [0.25, 0.3) is 11.8 Å². The predicted octanol–water partition coefficient (Wildman–Crippen LogP) is 2.88. The maximum Gasteiger partial charge on any atom is 0.295 e. The van der Waals surface area contributed by atoms with E-state index in [0.717, 1.165) is 0 Å². The molecular formula is C36H40N12O7. The van der Waals surface area contributed by atoms with Crippen LogP contribution >= 0.6 is 0 Å². The number of fused-ring (bicyclic) bond motifs is 2. The van der Waals surface area contributed by atoms with Gasteiger partial charge in [0.05, 0.1) is 29.1 Å². The Kier molecular flexibility index (Phi) is 11.0. The van der Waals surface area contributed by atoms with Crippen molar-refractivity contribution < 1.29 is 33.4 Å². The van der Waals surface area contributed by atoms with Gasteiger partial charge in [-0.1, -0.05) is 19.1 Å². The molecule has 286 valence electrons. The van der Waals surface area contributed by atoms with Crippen LogP contribution in [0.15, 0.2) is 47.0 Å². The molecule has 0 aliphatic rings. The number of hydrogen-bond acceptors (Lipinski definition) is 12. The van der Waals surface area contributed by atoms with Crippen LogP contribution in [-0.2, 0) is 26.1 Å². The summed E-state index contributed by atoms with van der Waals surface area (Å²) in [7, 11) is 0. The largest absolute Gasteiger partial charge is 0.491 e. The molecule has 7 N–H and O–H groups in total. The standard InChI is InChI=1S/C36H40N12O7/c1-5-23-29(55-20(4)40-23)34(53)44-36-42-25-16-22(31(38)51)18-39-32(25)47(36)11-8-7-10-46-28-24(15-21(30(37)50)17-27(28)54-13-9-12-49)41-35(46)43-33(52)26-14-19(3)45-48(26)6-2/h7-8,14-18,49H,5-6,9-13H2,1-4H3,(H2,37,50)(H2,38,51)(H,41,43,52)(H,42,44,53)/b8-7+. The number of aryl methyl sites for hydroxylation is 4. The van der Waals surface area contributed by atoms with E-state index in [4.69, 9.17) is 20.6 Å². The van der Waals surface area contributed by atoms with Crippen molar-refractivity contribution in [1.82, 2.24) is 38.9 Å². The number of aliphatic hydroxyl groups excluding tert-OH is 1. The van der Waals surface area contributed by atoms with Crippen LogP contribution in [0.5, 0.6) is 5.75 Å². The molecule has 0 saturated heterocycles. The van der Waals surface area contributed by atoms with Crippen LogP contribution in [-0.4, -0.2) is 80.8 Å². The second-order valence-corrected chi connectivity index (χ2v) is 12.4. The lowest BCUT2D eigenvalue weighted by Gasteiger charge is -2.13. The lowest BCUT2D eigenvalue weighted by Crippen LogP contribution is -2.20. The Labute approximate surface area is 313 Å². The topological polar surface area (TPSA) is 266 Å². The number of nitrogens with one attached hydrogen (secondary N) is 2. The fourth-order valence-electron chi connectivity index (χ4n) is 5.96. The highest BCUT2D eigenvalue weighted by molar-refractivity contribution is 6.05. The summed E-state index contributed by atoms with van der Waals surface area (Å²) in [4.78, 5) is 69.0. The number of ether oxygens (including phenoxy) is 1. The van der Waals surface area contributed by atoms with Crippen molar-refractivity contribution in [1.29, 1.82) is 0 Å². The number of amides is 4. The molecule has 0 spiro atoms. The molecule has 4 amide bonds. The summed E-state index contributed by atoms with van der Waals surface area (Å²) in [6.45, 7) is 7.90. The molecule has 0 aliphatic carbocycles. The number of aromatic nitrogens is 8. The summed E-state index contributed by atoms with van der Waals surface area (Å²) in [5.41, 5.74) is 14.3. The minimum atomic E-state index is -0.701. The minimum absolute atomic E-state index is 0.0511. The molecule has 0 radical (unpaired) electrons. The third kappa shape index (κ3) is 7.91. The number of nitrogens with two attached hydrogens (primary N) is 2. The molecule has 5 aromatic heterocycles. The number of anilines is 2. The first kappa shape index (κ1) is 37.9. The molecule has 6 aromatic rings. The highest BCUT2D eigenvalue weighted by Crippen LogP contribution is 2.32. The highest BCUT2D eigenvalue weighted by atomic mass is 16.5. The quantitative estimate of drug-likeness (QED) is 0.0706. The number of hydrogen-bond donors (Lipinski definition) is 5. The van der Waals surface area contributed by atoms with E-state index in [1.54, 1.807) is 45.9 Å². The molecule has 0 atom stereocenters. The van der Waals surface area contributed by atoms with E-state index in [-0.39, 0.29) is 60.8 Å². The normalized spacial score (nSPS) is 11.5. The molecule has 1 aromatic carbocycles. The van der Waals surface area contributed by atoms with E-state index in [1.165, 1.54) is 24.4 Å². The summed E-state index contributed by atoms with van der Waals surface area (Å²) < 4.78 is 16.5. The highest BCUT2D eigenvalue weighted by Gasteiger charge is 2.23. The number of pyridine rings is 1. The Morgan fingerprint density at radius 3 is 2.25 bits per heavy atom. The third-order valence-corrected chi connectivity index (χ3v) is 8.49. The monoisotopic (exact) mass is 752 g/mol. The van der Waals surface area contributed by atoms with Gasteiger partial charge in [-0.3, -0.25) is 39.1 Å². The molecule has 0 saturated carbocycles. The zero-order valence-electron chi connectivity index (χ0n) is 30.6. The zero-order valence-corrected chi connectivity index (χ0v) is 30.6. The van der Waals surface area contributed by atoms with E-state index >= 15 is 0 Å². The van der Waals surface area contributed by atoms with Crippen molar-refractivity contribution in [2.75, 3.05) is 23.8 Å². The van der Waals surface area contributed by atoms with Gasteiger partial charge in [0.2, 0.25) is 29.5 Å².